The van der Waals surface area contributed by atoms with Crippen molar-refractivity contribution in [3.63, 3.8) is 0 Å². The summed E-state index contributed by atoms with van der Waals surface area (Å²) in [5.41, 5.74) is 0.638. The number of rotatable bonds is 4. The molecular weight excluding hydrogens is 248 g/mol. The third-order valence-electron chi connectivity index (χ3n) is 3.68. The van der Waals surface area contributed by atoms with E-state index >= 15 is 0 Å². The Morgan fingerprint density at radius 1 is 1.56 bits per heavy atom. The summed E-state index contributed by atoms with van der Waals surface area (Å²) >= 11 is 5.88. The van der Waals surface area contributed by atoms with Crippen LogP contribution in [0.4, 0.5) is 0 Å². The van der Waals surface area contributed by atoms with Gasteiger partial charge in [0.1, 0.15) is 6.04 Å². The van der Waals surface area contributed by atoms with E-state index in [0.29, 0.717) is 16.6 Å². The molecule has 0 aromatic heterocycles. The van der Waals surface area contributed by atoms with Gasteiger partial charge in [-0.05, 0) is 25.1 Å². The largest absolute Gasteiger partial charge is 0.346 e. The first kappa shape index (κ1) is 13.4. The van der Waals surface area contributed by atoms with Gasteiger partial charge in [-0.3, -0.25) is 4.79 Å². The van der Waals surface area contributed by atoms with Crippen LogP contribution in [0.1, 0.15) is 30.1 Å². The van der Waals surface area contributed by atoms with E-state index in [1.807, 2.05) is 0 Å². The van der Waals surface area contributed by atoms with Gasteiger partial charge in [0.25, 0.3) is 5.91 Å². The third-order valence-corrected chi connectivity index (χ3v) is 3.91. The van der Waals surface area contributed by atoms with Gasteiger partial charge in [-0.15, -0.1) is 0 Å². The van der Waals surface area contributed by atoms with Crippen LogP contribution >= 0.6 is 11.6 Å². The highest BCUT2D eigenvalue weighted by Crippen LogP contribution is 2.10. The number of likely N-dealkylation sites (N-methyl/N-ethyl adjacent to an activating group) is 1. The molecule has 98 valence electrons. The lowest BCUT2D eigenvalue weighted by Crippen LogP contribution is -3.14. The number of halogens is 1. The molecule has 3 nitrogen and oxygen atoms in total. The predicted molar refractivity (Wildman–Crippen MR) is 73.2 cm³/mol. The van der Waals surface area contributed by atoms with Crippen molar-refractivity contribution in [2.75, 3.05) is 19.6 Å². The summed E-state index contributed by atoms with van der Waals surface area (Å²) in [7, 11) is 0. The first-order valence-electron chi connectivity index (χ1n) is 6.59. The van der Waals surface area contributed by atoms with Crippen molar-refractivity contribution in [2.24, 2.45) is 0 Å². The normalized spacial score (nSPS) is 23.0. The second-order valence-corrected chi connectivity index (χ2v) is 5.26. The lowest BCUT2D eigenvalue weighted by Gasteiger charge is -2.20. The zero-order valence-electron chi connectivity index (χ0n) is 10.7. The number of carbonyl (C=O) groups excluding carboxylic acids is 1. The second kappa shape index (κ2) is 6.21. The van der Waals surface area contributed by atoms with Gasteiger partial charge < -0.3 is 10.2 Å². The highest BCUT2D eigenvalue weighted by molar-refractivity contribution is 6.30. The van der Waals surface area contributed by atoms with Crippen LogP contribution < -0.4 is 10.2 Å². The Bertz CT molecular complexity index is 422. The zero-order chi connectivity index (χ0) is 13.0. The van der Waals surface area contributed by atoms with Crippen LogP contribution in [0, 0.1) is 0 Å². The third kappa shape index (κ3) is 3.24. The number of hydrogen-bond donors (Lipinski definition) is 2. The average Bonchev–Trinajstić information content (AvgIpc) is 2.83. The van der Waals surface area contributed by atoms with E-state index in [1.165, 1.54) is 19.4 Å². The number of carbonyl (C=O) groups is 1. The molecule has 1 saturated heterocycles. The van der Waals surface area contributed by atoms with E-state index in [2.05, 4.69) is 12.2 Å². The fourth-order valence-corrected chi connectivity index (χ4v) is 2.83. The number of amides is 1. The van der Waals surface area contributed by atoms with Crippen molar-refractivity contribution in [2.45, 2.75) is 25.8 Å². The van der Waals surface area contributed by atoms with Gasteiger partial charge in [-0.1, -0.05) is 17.7 Å². The Morgan fingerprint density at radius 2 is 2.39 bits per heavy atom. The molecule has 2 rings (SSSR count). The van der Waals surface area contributed by atoms with E-state index in [-0.39, 0.29) is 5.91 Å². The second-order valence-electron chi connectivity index (χ2n) is 4.82. The van der Waals surface area contributed by atoms with Crippen LogP contribution in [-0.4, -0.2) is 31.6 Å². The molecule has 1 heterocycles. The zero-order valence-corrected chi connectivity index (χ0v) is 11.5. The molecule has 0 spiro atoms. The van der Waals surface area contributed by atoms with Gasteiger partial charge in [0.05, 0.1) is 19.6 Å². The van der Waals surface area contributed by atoms with E-state index in [1.54, 1.807) is 29.2 Å². The Kier molecular flexibility index (Phi) is 4.61. The van der Waals surface area contributed by atoms with Crippen molar-refractivity contribution in [3.8, 4) is 0 Å². The van der Waals surface area contributed by atoms with E-state index < -0.39 is 0 Å². The fourth-order valence-electron chi connectivity index (χ4n) is 2.64. The number of likely N-dealkylation sites (tertiary alicyclic amines) is 1. The summed E-state index contributed by atoms with van der Waals surface area (Å²) in [4.78, 5) is 13.6. The maximum absolute atomic E-state index is 12.0. The average molecular weight is 268 g/mol. The molecule has 1 unspecified atom stereocenters. The number of hydrogen-bond acceptors (Lipinski definition) is 1. The molecule has 0 bridgehead atoms. The number of benzene rings is 1. The molecule has 1 aliphatic heterocycles. The van der Waals surface area contributed by atoms with Gasteiger partial charge >= 0.3 is 0 Å². The SMILES string of the molecule is CC[NH+]1CCC[C@H]1CNC(=O)c1cccc(Cl)c1. The molecule has 0 saturated carbocycles. The summed E-state index contributed by atoms with van der Waals surface area (Å²) < 4.78 is 0. The van der Waals surface area contributed by atoms with E-state index in [0.717, 1.165) is 13.1 Å². The lowest BCUT2D eigenvalue weighted by molar-refractivity contribution is -0.909. The standard InChI is InChI=1S/C14H19ClN2O/c1-2-17-8-4-7-13(17)10-16-14(18)11-5-3-6-12(15)9-11/h3,5-6,9,13H,2,4,7-8,10H2,1H3,(H,16,18)/p+1/t13-/m0/s1. The molecule has 1 amide bonds. The highest BCUT2D eigenvalue weighted by atomic mass is 35.5. The molecule has 1 aliphatic rings. The van der Waals surface area contributed by atoms with E-state index in [4.69, 9.17) is 11.6 Å². The lowest BCUT2D eigenvalue weighted by atomic mass is 10.2. The summed E-state index contributed by atoms with van der Waals surface area (Å²) in [6.45, 7) is 5.33. The van der Waals surface area contributed by atoms with Gasteiger partial charge in [0, 0.05) is 23.4 Å². The maximum Gasteiger partial charge on any atom is 0.251 e. The number of quaternary nitrogens is 1. The predicted octanol–water partition coefficient (Wildman–Crippen LogP) is 1.14. The molecule has 1 aromatic carbocycles. The molecule has 1 fully saturated rings. The van der Waals surface area contributed by atoms with Crippen molar-refractivity contribution < 1.29 is 9.69 Å². The Morgan fingerprint density at radius 3 is 3.11 bits per heavy atom. The quantitative estimate of drug-likeness (QED) is 0.843. The minimum absolute atomic E-state index is 0.0279. The molecular formula is C14H20ClN2O+. The van der Waals surface area contributed by atoms with Crippen molar-refractivity contribution in [1.82, 2.24) is 5.32 Å². The molecule has 1 aromatic rings. The van der Waals surface area contributed by atoms with Crippen LogP contribution in [0.2, 0.25) is 5.02 Å². The monoisotopic (exact) mass is 267 g/mol. The minimum atomic E-state index is -0.0279. The summed E-state index contributed by atoms with van der Waals surface area (Å²) in [5, 5.41) is 3.62. The summed E-state index contributed by atoms with van der Waals surface area (Å²) in [5.74, 6) is -0.0279. The van der Waals surface area contributed by atoms with Crippen LogP contribution in [0.5, 0.6) is 0 Å². The van der Waals surface area contributed by atoms with Crippen LogP contribution in [0.25, 0.3) is 0 Å². The van der Waals surface area contributed by atoms with Crippen molar-refractivity contribution in [1.29, 1.82) is 0 Å². The van der Waals surface area contributed by atoms with Gasteiger partial charge in [0.15, 0.2) is 0 Å². The van der Waals surface area contributed by atoms with Gasteiger partial charge in [0.2, 0.25) is 0 Å². The molecule has 18 heavy (non-hydrogen) atoms. The van der Waals surface area contributed by atoms with Crippen LogP contribution in [0.3, 0.4) is 0 Å². The maximum atomic E-state index is 12.0. The van der Waals surface area contributed by atoms with E-state index in [9.17, 15) is 4.79 Å². The fraction of sp³-hybridized carbons (Fsp3) is 0.500. The van der Waals surface area contributed by atoms with Crippen LogP contribution in [0.15, 0.2) is 24.3 Å². The Balaban J connectivity index is 1.88. The summed E-state index contributed by atoms with van der Waals surface area (Å²) in [6, 6.07) is 7.64. The molecule has 2 N–H and O–H groups in total. The van der Waals surface area contributed by atoms with Gasteiger partial charge in [-0.2, -0.15) is 0 Å². The van der Waals surface area contributed by atoms with Crippen molar-refractivity contribution in [3.05, 3.63) is 34.9 Å². The smallest absolute Gasteiger partial charge is 0.251 e. The van der Waals surface area contributed by atoms with Crippen LogP contribution in [-0.2, 0) is 0 Å². The Labute approximate surface area is 113 Å². The molecule has 0 radical (unpaired) electrons. The van der Waals surface area contributed by atoms with Gasteiger partial charge in [-0.25, -0.2) is 0 Å². The molecule has 4 heteroatoms. The Hall–Kier alpha value is -1.06. The molecule has 2 atom stereocenters. The first-order valence-corrected chi connectivity index (χ1v) is 6.97. The van der Waals surface area contributed by atoms with Crippen molar-refractivity contribution >= 4 is 17.5 Å². The highest BCUT2D eigenvalue weighted by Gasteiger charge is 2.27. The topological polar surface area (TPSA) is 33.5 Å². The summed E-state index contributed by atoms with van der Waals surface area (Å²) in [6.07, 6.45) is 2.47. The molecule has 0 aliphatic carbocycles. The first-order chi connectivity index (χ1) is 8.70. The minimum Gasteiger partial charge on any atom is -0.346 e. The number of nitrogens with one attached hydrogen (secondary N) is 2.